The summed E-state index contributed by atoms with van der Waals surface area (Å²) in [6.07, 6.45) is -0.527. The molecule has 0 radical (unpaired) electrons. The maximum atomic E-state index is 9.74. The van der Waals surface area contributed by atoms with E-state index in [1.807, 2.05) is 50.2 Å². The molecule has 1 aromatic rings. The summed E-state index contributed by atoms with van der Waals surface area (Å²) in [4.78, 5) is 2.03. The van der Waals surface area contributed by atoms with Crippen LogP contribution in [0.5, 0.6) is 0 Å². The van der Waals surface area contributed by atoms with Crippen LogP contribution in [0.2, 0.25) is 0 Å². The second-order valence-corrected chi connectivity index (χ2v) is 3.66. The molecule has 1 atom stereocenters. The van der Waals surface area contributed by atoms with Gasteiger partial charge in [-0.05, 0) is 24.6 Å². The van der Waals surface area contributed by atoms with Gasteiger partial charge in [0.25, 0.3) is 0 Å². The van der Waals surface area contributed by atoms with Gasteiger partial charge in [0.1, 0.15) is 6.10 Å². The summed E-state index contributed by atoms with van der Waals surface area (Å²) in [5, 5.41) is 9.74. The van der Waals surface area contributed by atoms with Crippen molar-refractivity contribution in [3.05, 3.63) is 29.8 Å². The quantitative estimate of drug-likeness (QED) is 0.803. The molecule has 3 heteroatoms. The molecule has 0 bridgehead atoms. The number of benzene rings is 1. The van der Waals surface area contributed by atoms with E-state index in [-0.39, 0.29) is 0 Å². The van der Waals surface area contributed by atoms with Crippen LogP contribution in [-0.4, -0.2) is 32.4 Å². The smallest absolute Gasteiger partial charge is 0.102 e. The Morgan fingerprint density at radius 2 is 1.87 bits per heavy atom. The normalized spacial score (nSPS) is 12.5. The van der Waals surface area contributed by atoms with Crippen molar-refractivity contribution in [2.75, 3.05) is 32.2 Å². The van der Waals surface area contributed by atoms with Gasteiger partial charge in [-0.1, -0.05) is 12.1 Å². The molecular weight excluding hydrogens is 190 g/mol. The Labute approximate surface area is 91.3 Å². The molecule has 15 heavy (non-hydrogen) atoms. The number of nitrogens with zero attached hydrogens (tertiary/aromatic N) is 1. The molecule has 3 nitrogen and oxygen atoms in total. The molecule has 0 aromatic heterocycles. The summed E-state index contributed by atoms with van der Waals surface area (Å²) in [7, 11) is 3.98. The summed E-state index contributed by atoms with van der Waals surface area (Å²) in [6, 6.07) is 7.84. The van der Waals surface area contributed by atoms with Gasteiger partial charge in [-0.2, -0.15) is 0 Å². The molecule has 0 aliphatic heterocycles. The molecular formula is C12H19NO2. The fraction of sp³-hybridized carbons (Fsp3) is 0.500. The van der Waals surface area contributed by atoms with E-state index in [1.165, 1.54) is 0 Å². The fourth-order valence-electron chi connectivity index (χ4n) is 1.32. The second kappa shape index (κ2) is 5.73. The predicted molar refractivity (Wildman–Crippen MR) is 62.2 cm³/mol. The predicted octanol–water partition coefficient (Wildman–Crippen LogP) is 1.82. The molecule has 0 amide bonds. The highest BCUT2D eigenvalue weighted by Crippen LogP contribution is 2.17. The van der Waals surface area contributed by atoms with Crippen molar-refractivity contribution in [3.8, 4) is 0 Å². The first kappa shape index (κ1) is 12.0. The van der Waals surface area contributed by atoms with E-state index >= 15 is 0 Å². The van der Waals surface area contributed by atoms with Gasteiger partial charge in [0.15, 0.2) is 0 Å². The number of hydrogen-bond donors (Lipinski definition) is 1. The lowest BCUT2D eigenvalue weighted by molar-refractivity contribution is 0.0420. The van der Waals surface area contributed by atoms with Crippen LogP contribution in [0.15, 0.2) is 24.3 Å². The molecule has 0 spiro atoms. The zero-order valence-corrected chi connectivity index (χ0v) is 9.60. The Hall–Kier alpha value is -1.06. The van der Waals surface area contributed by atoms with E-state index in [9.17, 15) is 5.11 Å². The third kappa shape index (κ3) is 3.53. The number of hydrogen-bond acceptors (Lipinski definition) is 3. The zero-order chi connectivity index (χ0) is 11.3. The Morgan fingerprint density at radius 3 is 2.33 bits per heavy atom. The number of rotatable bonds is 5. The maximum Gasteiger partial charge on any atom is 0.102 e. The van der Waals surface area contributed by atoms with Crippen molar-refractivity contribution in [1.82, 2.24) is 0 Å². The summed E-state index contributed by atoms with van der Waals surface area (Å²) in [6.45, 7) is 2.91. The summed E-state index contributed by atoms with van der Waals surface area (Å²) >= 11 is 0. The third-order valence-electron chi connectivity index (χ3n) is 2.27. The van der Waals surface area contributed by atoms with Gasteiger partial charge in [0.2, 0.25) is 0 Å². The number of aliphatic hydroxyl groups is 1. The molecule has 0 saturated heterocycles. The van der Waals surface area contributed by atoms with E-state index in [0.29, 0.717) is 13.2 Å². The Kier molecular flexibility index (Phi) is 4.59. The molecule has 0 fully saturated rings. The highest BCUT2D eigenvalue weighted by atomic mass is 16.5. The van der Waals surface area contributed by atoms with E-state index in [4.69, 9.17) is 4.74 Å². The minimum absolute atomic E-state index is 0.359. The Bertz CT molecular complexity index is 282. The van der Waals surface area contributed by atoms with Crippen LogP contribution < -0.4 is 4.90 Å². The molecule has 1 N–H and O–H groups in total. The van der Waals surface area contributed by atoms with Gasteiger partial charge in [0.05, 0.1) is 6.61 Å². The van der Waals surface area contributed by atoms with Crippen LogP contribution >= 0.6 is 0 Å². The molecule has 0 saturated carbocycles. The van der Waals surface area contributed by atoms with Crippen LogP contribution in [0.25, 0.3) is 0 Å². The lowest BCUT2D eigenvalue weighted by Crippen LogP contribution is -2.10. The van der Waals surface area contributed by atoms with Gasteiger partial charge < -0.3 is 14.7 Å². The van der Waals surface area contributed by atoms with Gasteiger partial charge in [-0.15, -0.1) is 0 Å². The standard InChI is InChI=1S/C12H19NO2/c1-4-15-9-12(14)10-5-7-11(8-6-10)13(2)3/h5-8,12,14H,4,9H2,1-3H3. The first-order valence-electron chi connectivity index (χ1n) is 5.18. The summed E-state index contributed by atoms with van der Waals surface area (Å²) in [5.41, 5.74) is 2.02. The zero-order valence-electron chi connectivity index (χ0n) is 9.60. The number of anilines is 1. The first-order chi connectivity index (χ1) is 7.15. The molecule has 1 rings (SSSR count). The lowest BCUT2D eigenvalue weighted by Gasteiger charge is -2.15. The Balaban J connectivity index is 2.62. The highest BCUT2D eigenvalue weighted by molar-refractivity contribution is 5.46. The summed E-state index contributed by atoms with van der Waals surface area (Å²) < 4.78 is 5.17. The monoisotopic (exact) mass is 209 g/mol. The molecule has 0 heterocycles. The fourth-order valence-corrected chi connectivity index (χ4v) is 1.32. The van der Waals surface area contributed by atoms with Crippen LogP contribution in [0.1, 0.15) is 18.6 Å². The van der Waals surface area contributed by atoms with Gasteiger partial charge in [-0.3, -0.25) is 0 Å². The van der Waals surface area contributed by atoms with Crippen molar-refractivity contribution >= 4 is 5.69 Å². The van der Waals surface area contributed by atoms with Crippen molar-refractivity contribution in [1.29, 1.82) is 0 Å². The Morgan fingerprint density at radius 1 is 1.27 bits per heavy atom. The van der Waals surface area contributed by atoms with Gasteiger partial charge in [0, 0.05) is 26.4 Å². The first-order valence-corrected chi connectivity index (χ1v) is 5.18. The topological polar surface area (TPSA) is 32.7 Å². The van der Waals surface area contributed by atoms with Gasteiger partial charge >= 0.3 is 0 Å². The molecule has 0 aliphatic carbocycles. The van der Waals surface area contributed by atoms with Crippen molar-refractivity contribution < 1.29 is 9.84 Å². The van der Waals surface area contributed by atoms with Crippen LogP contribution in [0, 0.1) is 0 Å². The average Bonchev–Trinajstić information content (AvgIpc) is 2.26. The van der Waals surface area contributed by atoms with E-state index in [0.717, 1.165) is 11.3 Å². The highest BCUT2D eigenvalue weighted by Gasteiger charge is 2.07. The molecule has 0 aliphatic rings. The average molecular weight is 209 g/mol. The number of aliphatic hydroxyl groups excluding tert-OH is 1. The van der Waals surface area contributed by atoms with E-state index < -0.39 is 6.10 Å². The van der Waals surface area contributed by atoms with Crippen molar-refractivity contribution in [3.63, 3.8) is 0 Å². The second-order valence-electron chi connectivity index (χ2n) is 3.66. The van der Waals surface area contributed by atoms with Crippen molar-refractivity contribution in [2.45, 2.75) is 13.0 Å². The summed E-state index contributed by atoms with van der Waals surface area (Å²) in [5.74, 6) is 0. The van der Waals surface area contributed by atoms with Crippen LogP contribution in [0.3, 0.4) is 0 Å². The van der Waals surface area contributed by atoms with E-state index in [1.54, 1.807) is 0 Å². The minimum atomic E-state index is -0.527. The van der Waals surface area contributed by atoms with Crippen molar-refractivity contribution in [2.24, 2.45) is 0 Å². The number of ether oxygens (including phenoxy) is 1. The molecule has 1 aromatic carbocycles. The van der Waals surface area contributed by atoms with E-state index in [2.05, 4.69) is 0 Å². The van der Waals surface area contributed by atoms with Gasteiger partial charge in [-0.25, -0.2) is 0 Å². The van der Waals surface area contributed by atoms with Crippen LogP contribution in [-0.2, 0) is 4.74 Å². The SMILES string of the molecule is CCOCC(O)c1ccc(N(C)C)cc1. The minimum Gasteiger partial charge on any atom is -0.386 e. The largest absolute Gasteiger partial charge is 0.386 e. The molecule has 1 unspecified atom stereocenters. The maximum absolute atomic E-state index is 9.74. The lowest BCUT2D eigenvalue weighted by atomic mass is 10.1. The third-order valence-corrected chi connectivity index (χ3v) is 2.27. The molecule has 84 valence electrons. The van der Waals surface area contributed by atoms with Crippen LogP contribution in [0.4, 0.5) is 5.69 Å².